The van der Waals surface area contributed by atoms with E-state index in [2.05, 4.69) is 26.2 Å². The van der Waals surface area contributed by atoms with Crippen molar-refractivity contribution in [3.05, 3.63) is 64.1 Å². The molecule has 1 atom stereocenters. The summed E-state index contributed by atoms with van der Waals surface area (Å²) in [6.07, 6.45) is 1.77. The second-order valence-electron chi connectivity index (χ2n) is 4.10. The standard InChI is InChI=1S/C14H14BrFN2/c1-10(11-5-6-14(16)13(15)8-11)18-9-12-4-2-3-7-17-12/h2-8,10,18H,9H2,1H3. The molecule has 18 heavy (non-hydrogen) atoms. The zero-order chi connectivity index (χ0) is 13.0. The summed E-state index contributed by atoms with van der Waals surface area (Å²) in [6, 6.07) is 11.0. The van der Waals surface area contributed by atoms with E-state index in [4.69, 9.17) is 0 Å². The van der Waals surface area contributed by atoms with Gasteiger partial charge in [-0.15, -0.1) is 0 Å². The minimum Gasteiger partial charge on any atom is -0.305 e. The highest BCUT2D eigenvalue weighted by molar-refractivity contribution is 9.10. The van der Waals surface area contributed by atoms with E-state index in [1.54, 1.807) is 18.3 Å². The second kappa shape index (κ2) is 6.07. The molecule has 2 rings (SSSR count). The molecule has 0 aliphatic heterocycles. The number of aromatic nitrogens is 1. The first-order chi connectivity index (χ1) is 8.66. The molecule has 1 aromatic carbocycles. The van der Waals surface area contributed by atoms with Crippen LogP contribution in [0.25, 0.3) is 0 Å². The lowest BCUT2D eigenvalue weighted by Gasteiger charge is -2.14. The van der Waals surface area contributed by atoms with Crippen LogP contribution in [0.4, 0.5) is 4.39 Å². The van der Waals surface area contributed by atoms with Gasteiger partial charge in [-0.2, -0.15) is 0 Å². The molecule has 2 aromatic rings. The largest absolute Gasteiger partial charge is 0.305 e. The highest BCUT2D eigenvalue weighted by Crippen LogP contribution is 2.21. The molecule has 94 valence electrons. The van der Waals surface area contributed by atoms with Crippen molar-refractivity contribution >= 4 is 15.9 Å². The van der Waals surface area contributed by atoms with Gasteiger partial charge >= 0.3 is 0 Å². The summed E-state index contributed by atoms with van der Waals surface area (Å²) in [7, 11) is 0. The highest BCUT2D eigenvalue weighted by atomic mass is 79.9. The van der Waals surface area contributed by atoms with Gasteiger partial charge in [0.05, 0.1) is 10.2 Å². The number of nitrogens with zero attached hydrogens (tertiary/aromatic N) is 1. The molecule has 1 heterocycles. The van der Waals surface area contributed by atoms with E-state index in [1.165, 1.54) is 6.07 Å². The first kappa shape index (κ1) is 13.2. The Morgan fingerprint density at radius 1 is 1.33 bits per heavy atom. The molecule has 0 bridgehead atoms. The van der Waals surface area contributed by atoms with Crippen molar-refractivity contribution in [1.82, 2.24) is 10.3 Å². The van der Waals surface area contributed by atoms with E-state index in [9.17, 15) is 4.39 Å². The fourth-order valence-electron chi connectivity index (χ4n) is 1.66. The van der Waals surface area contributed by atoms with Gasteiger partial charge in [0.15, 0.2) is 0 Å². The number of pyridine rings is 1. The third-order valence-corrected chi connectivity index (χ3v) is 3.37. The fourth-order valence-corrected chi connectivity index (χ4v) is 2.06. The zero-order valence-corrected chi connectivity index (χ0v) is 11.6. The molecule has 1 N–H and O–H groups in total. The summed E-state index contributed by atoms with van der Waals surface area (Å²) in [6.45, 7) is 2.74. The van der Waals surface area contributed by atoms with Crippen LogP contribution in [0.15, 0.2) is 47.1 Å². The van der Waals surface area contributed by atoms with Crippen molar-refractivity contribution in [3.63, 3.8) is 0 Å². The quantitative estimate of drug-likeness (QED) is 0.928. The highest BCUT2D eigenvalue weighted by Gasteiger charge is 2.07. The smallest absolute Gasteiger partial charge is 0.137 e. The Morgan fingerprint density at radius 3 is 2.83 bits per heavy atom. The van der Waals surface area contributed by atoms with Crippen LogP contribution in [0, 0.1) is 5.82 Å². The Labute approximate surface area is 114 Å². The molecular formula is C14H14BrFN2. The van der Waals surface area contributed by atoms with Crippen LogP contribution >= 0.6 is 15.9 Å². The van der Waals surface area contributed by atoms with Crippen LogP contribution in [0.1, 0.15) is 24.2 Å². The first-order valence-corrected chi connectivity index (χ1v) is 6.54. The normalized spacial score (nSPS) is 12.4. The van der Waals surface area contributed by atoms with Gasteiger partial charge in [0.2, 0.25) is 0 Å². The Kier molecular flexibility index (Phi) is 4.44. The molecule has 0 saturated heterocycles. The molecule has 1 aromatic heterocycles. The predicted molar refractivity (Wildman–Crippen MR) is 73.6 cm³/mol. The summed E-state index contributed by atoms with van der Waals surface area (Å²) in [4.78, 5) is 4.24. The van der Waals surface area contributed by atoms with E-state index < -0.39 is 0 Å². The second-order valence-corrected chi connectivity index (χ2v) is 4.95. The van der Waals surface area contributed by atoms with Gasteiger partial charge in [-0.05, 0) is 52.7 Å². The summed E-state index contributed by atoms with van der Waals surface area (Å²) >= 11 is 3.20. The van der Waals surface area contributed by atoms with Gasteiger partial charge in [-0.25, -0.2) is 4.39 Å². The molecule has 0 aliphatic carbocycles. The molecule has 2 nitrogen and oxygen atoms in total. The average Bonchev–Trinajstić information content (AvgIpc) is 2.40. The van der Waals surface area contributed by atoms with Crippen molar-refractivity contribution < 1.29 is 4.39 Å². The van der Waals surface area contributed by atoms with Crippen LogP contribution in [0.5, 0.6) is 0 Å². The van der Waals surface area contributed by atoms with E-state index >= 15 is 0 Å². The summed E-state index contributed by atoms with van der Waals surface area (Å²) in [5, 5.41) is 3.36. The van der Waals surface area contributed by atoms with Gasteiger partial charge in [0, 0.05) is 18.8 Å². The monoisotopic (exact) mass is 308 g/mol. The number of halogens is 2. The Bertz CT molecular complexity index is 516. The van der Waals surface area contributed by atoms with Crippen LogP contribution < -0.4 is 5.32 Å². The molecule has 0 amide bonds. The van der Waals surface area contributed by atoms with Gasteiger partial charge in [-0.3, -0.25) is 4.98 Å². The lowest BCUT2D eigenvalue weighted by Crippen LogP contribution is -2.18. The van der Waals surface area contributed by atoms with Crippen molar-refractivity contribution in [1.29, 1.82) is 0 Å². The maximum atomic E-state index is 13.1. The third kappa shape index (κ3) is 3.37. The SMILES string of the molecule is CC(NCc1ccccn1)c1ccc(F)c(Br)c1. The van der Waals surface area contributed by atoms with E-state index in [0.29, 0.717) is 11.0 Å². The maximum Gasteiger partial charge on any atom is 0.137 e. The molecule has 0 radical (unpaired) electrons. The van der Waals surface area contributed by atoms with Crippen molar-refractivity contribution in [2.45, 2.75) is 19.5 Å². The minimum absolute atomic E-state index is 0.143. The lowest BCUT2D eigenvalue weighted by molar-refractivity contribution is 0.563. The van der Waals surface area contributed by atoms with Crippen molar-refractivity contribution in [2.75, 3.05) is 0 Å². The fraction of sp³-hybridized carbons (Fsp3) is 0.214. The summed E-state index contributed by atoms with van der Waals surface area (Å²) in [5.41, 5.74) is 2.03. The van der Waals surface area contributed by atoms with Crippen molar-refractivity contribution in [3.8, 4) is 0 Å². The average molecular weight is 309 g/mol. The number of nitrogens with one attached hydrogen (secondary N) is 1. The Balaban J connectivity index is 1.99. The van der Waals surface area contributed by atoms with Gasteiger partial charge in [-0.1, -0.05) is 12.1 Å². The van der Waals surface area contributed by atoms with Crippen LogP contribution in [-0.4, -0.2) is 4.98 Å². The zero-order valence-electron chi connectivity index (χ0n) is 10.0. The van der Waals surface area contributed by atoms with E-state index in [-0.39, 0.29) is 11.9 Å². The van der Waals surface area contributed by atoms with Crippen molar-refractivity contribution in [2.24, 2.45) is 0 Å². The molecule has 0 saturated carbocycles. The molecule has 4 heteroatoms. The van der Waals surface area contributed by atoms with E-state index in [1.807, 2.05) is 25.1 Å². The Morgan fingerprint density at radius 2 is 2.17 bits per heavy atom. The topological polar surface area (TPSA) is 24.9 Å². The Hall–Kier alpha value is -1.26. The summed E-state index contributed by atoms with van der Waals surface area (Å²) in [5.74, 6) is -0.240. The number of rotatable bonds is 4. The van der Waals surface area contributed by atoms with Gasteiger partial charge in [0.25, 0.3) is 0 Å². The molecule has 0 spiro atoms. The maximum absolute atomic E-state index is 13.1. The number of benzene rings is 1. The molecule has 0 aliphatic rings. The third-order valence-electron chi connectivity index (χ3n) is 2.76. The van der Waals surface area contributed by atoms with E-state index in [0.717, 1.165) is 11.3 Å². The number of hydrogen-bond donors (Lipinski definition) is 1. The summed E-state index contributed by atoms with van der Waals surface area (Å²) < 4.78 is 13.6. The molecule has 0 fully saturated rings. The molecular weight excluding hydrogens is 295 g/mol. The minimum atomic E-state index is -0.240. The molecule has 1 unspecified atom stereocenters. The predicted octanol–water partition coefficient (Wildman–Crippen LogP) is 3.83. The van der Waals surface area contributed by atoms with Crippen LogP contribution in [0.3, 0.4) is 0 Å². The number of hydrogen-bond acceptors (Lipinski definition) is 2. The van der Waals surface area contributed by atoms with Gasteiger partial charge in [0.1, 0.15) is 5.82 Å². The first-order valence-electron chi connectivity index (χ1n) is 5.75. The van der Waals surface area contributed by atoms with Gasteiger partial charge < -0.3 is 5.32 Å². The lowest BCUT2D eigenvalue weighted by atomic mass is 10.1. The van der Waals surface area contributed by atoms with Crippen LogP contribution in [-0.2, 0) is 6.54 Å². The van der Waals surface area contributed by atoms with Crippen LogP contribution in [0.2, 0.25) is 0 Å².